The van der Waals surface area contributed by atoms with Crippen LogP contribution in [0, 0.1) is 0 Å². The molecule has 0 spiro atoms. The summed E-state index contributed by atoms with van der Waals surface area (Å²) in [5.41, 5.74) is 0. The second-order valence-electron chi connectivity index (χ2n) is 20.5. The second-order valence-corrected chi connectivity index (χ2v) is 20.5. The largest absolute Gasteiger partial charge is 0.315 e. The van der Waals surface area contributed by atoms with E-state index in [0.717, 1.165) is 6.54 Å². The molecule has 0 saturated carbocycles. The van der Waals surface area contributed by atoms with Gasteiger partial charge >= 0.3 is 0 Å². The summed E-state index contributed by atoms with van der Waals surface area (Å²) in [6.45, 7) is 26.9. The Bertz CT molecular complexity index is 847. The zero-order valence-electron chi connectivity index (χ0n) is 44.2. The van der Waals surface area contributed by atoms with Gasteiger partial charge in [0.05, 0.1) is 0 Å². The van der Waals surface area contributed by atoms with Crippen LogP contribution in [-0.4, -0.2) is 111 Å². The molecule has 1 saturated heterocycles. The van der Waals surface area contributed by atoms with E-state index in [9.17, 15) is 0 Å². The van der Waals surface area contributed by atoms with Crippen LogP contribution in [-0.2, 0) is 0 Å². The van der Waals surface area contributed by atoms with Gasteiger partial charge in [-0.15, -0.1) is 0 Å². The number of hydrogen-bond donors (Lipinski definition) is 1. The van der Waals surface area contributed by atoms with Crippen LogP contribution >= 0.6 is 0 Å². The minimum absolute atomic E-state index is 1.15. The molecule has 0 unspecified atom stereocenters. The van der Waals surface area contributed by atoms with Crippen LogP contribution in [0.3, 0.4) is 0 Å². The van der Waals surface area contributed by atoms with Gasteiger partial charge in [0.25, 0.3) is 0 Å². The van der Waals surface area contributed by atoms with Crippen molar-refractivity contribution in [2.24, 2.45) is 0 Å². The van der Waals surface area contributed by atoms with Crippen molar-refractivity contribution in [3.63, 3.8) is 0 Å². The number of nitrogens with zero attached hydrogens (tertiary/aromatic N) is 4. The molecule has 0 atom stereocenters. The van der Waals surface area contributed by atoms with E-state index in [0.29, 0.717) is 0 Å². The summed E-state index contributed by atoms with van der Waals surface area (Å²) in [6.07, 6.45) is 58.6. The lowest BCUT2D eigenvalue weighted by Gasteiger charge is -2.36. The van der Waals surface area contributed by atoms with Gasteiger partial charge in [-0.1, -0.05) is 232 Å². The van der Waals surface area contributed by atoms with E-state index in [1.807, 2.05) is 0 Å². The Kier molecular flexibility index (Phi) is 49.0. The minimum atomic E-state index is 1.15. The molecule has 1 fully saturated rings. The highest BCUT2D eigenvalue weighted by Crippen LogP contribution is 2.15. The molecule has 1 aliphatic heterocycles. The average Bonchev–Trinajstić information content (AvgIpc) is 3.30. The van der Waals surface area contributed by atoms with E-state index in [2.05, 4.69) is 64.8 Å². The number of nitrogens with one attached hydrogen (secondary N) is 1. The summed E-state index contributed by atoms with van der Waals surface area (Å²) in [5, 5.41) is 3.76. The molecular formula is C58H119N5. The van der Waals surface area contributed by atoms with Crippen LogP contribution in [0.2, 0.25) is 0 Å². The van der Waals surface area contributed by atoms with Gasteiger partial charge in [-0.2, -0.15) is 0 Å². The van der Waals surface area contributed by atoms with E-state index < -0.39 is 0 Å². The van der Waals surface area contributed by atoms with E-state index in [1.54, 1.807) is 0 Å². The molecule has 1 aliphatic rings. The molecule has 0 aromatic heterocycles. The molecule has 1 rings (SSSR count). The normalized spacial score (nSPS) is 14.1. The molecule has 0 bridgehead atoms. The molecule has 0 amide bonds. The smallest absolute Gasteiger partial charge is 0.0110 e. The first-order valence-corrected chi connectivity index (χ1v) is 29.5. The van der Waals surface area contributed by atoms with Crippen molar-refractivity contribution in [3.8, 4) is 0 Å². The average molecular weight is 887 g/mol. The third-order valence-electron chi connectivity index (χ3n) is 14.4. The predicted octanol–water partition coefficient (Wildman–Crippen LogP) is 16.3. The summed E-state index contributed by atoms with van der Waals surface area (Å²) < 4.78 is 0. The van der Waals surface area contributed by atoms with Gasteiger partial charge < -0.3 is 15.1 Å². The summed E-state index contributed by atoms with van der Waals surface area (Å²) in [4.78, 5) is 11.3. The monoisotopic (exact) mass is 886 g/mol. The van der Waals surface area contributed by atoms with Gasteiger partial charge in [-0.05, 0) is 77.5 Å². The van der Waals surface area contributed by atoms with Gasteiger partial charge in [-0.3, -0.25) is 9.80 Å². The first kappa shape index (κ1) is 60.6. The SMILES string of the molecule is CCCCC/C=C\CCCCCNCCN1CCN(CCN(CCCCCCCCCCCC)CCN(CCCCCCCCCCCC)CCCCCCCCCCCC)CC1. The summed E-state index contributed by atoms with van der Waals surface area (Å²) in [5.74, 6) is 0. The molecule has 1 N–H and O–H groups in total. The highest BCUT2D eigenvalue weighted by Gasteiger charge is 2.18. The van der Waals surface area contributed by atoms with Crippen molar-refractivity contribution in [1.29, 1.82) is 0 Å². The molecule has 5 heteroatoms. The Morgan fingerprint density at radius 2 is 0.603 bits per heavy atom. The van der Waals surface area contributed by atoms with E-state index in [1.165, 1.54) is 329 Å². The molecular weight excluding hydrogens is 767 g/mol. The Balaban J connectivity index is 2.52. The number of rotatable bonds is 52. The summed E-state index contributed by atoms with van der Waals surface area (Å²) >= 11 is 0. The third-order valence-corrected chi connectivity index (χ3v) is 14.4. The molecule has 376 valence electrons. The van der Waals surface area contributed by atoms with Crippen LogP contribution in [0.4, 0.5) is 0 Å². The quantitative estimate of drug-likeness (QED) is 0.0485. The summed E-state index contributed by atoms with van der Waals surface area (Å²) in [7, 11) is 0. The number of piperazine rings is 1. The van der Waals surface area contributed by atoms with E-state index >= 15 is 0 Å². The first-order chi connectivity index (χ1) is 31.2. The third kappa shape index (κ3) is 43.8. The van der Waals surface area contributed by atoms with Gasteiger partial charge in [-0.25, -0.2) is 0 Å². The lowest BCUT2D eigenvalue weighted by Crippen LogP contribution is -2.50. The van der Waals surface area contributed by atoms with Crippen LogP contribution in [0.15, 0.2) is 12.2 Å². The van der Waals surface area contributed by atoms with Gasteiger partial charge in [0.15, 0.2) is 0 Å². The fraction of sp³-hybridized carbons (Fsp3) is 0.966. The Hall–Kier alpha value is -0.460. The minimum Gasteiger partial charge on any atom is -0.315 e. The Morgan fingerprint density at radius 3 is 1.00 bits per heavy atom. The fourth-order valence-electron chi connectivity index (χ4n) is 9.74. The maximum absolute atomic E-state index is 3.76. The van der Waals surface area contributed by atoms with Crippen molar-refractivity contribution >= 4 is 0 Å². The summed E-state index contributed by atoms with van der Waals surface area (Å²) in [6, 6.07) is 0. The van der Waals surface area contributed by atoms with Crippen LogP contribution < -0.4 is 5.32 Å². The van der Waals surface area contributed by atoms with Gasteiger partial charge in [0.2, 0.25) is 0 Å². The van der Waals surface area contributed by atoms with Crippen molar-refractivity contribution < 1.29 is 0 Å². The van der Waals surface area contributed by atoms with Crippen molar-refractivity contribution in [3.05, 3.63) is 12.2 Å². The molecule has 0 aromatic carbocycles. The van der Waals surface area contributed by atoms with E-state index in [4.69, 9.17) is 0 Å². The first-order valence-electron chi connectivity index (χ1n) is 29.5. The highest BCUT2D eigenvalue weighted by atomic mass is 15.3. The predicted molar refractivity (Wildman–Crippen MR) is 286 cm³/mol. The van der Waals surface area contributed by atoms with Crippen LogP contribution in [0.25, 0.3) is 0 Å². The maximum atomic E-state index is 3.76. The van der Waals surface area contributed by atoms with Crippen molar-refractivity contribution in [2.75, 3.05) is 91.6 Å². The van der Waals surface area contributed by atoms with Crippen LogP contribution in [0.5, 0.6) is 0 Å². The van der Waals surface area contributed by atoms with Crippen molar-refractivity contribution in [2.45, 2.75) is 272 Å². The molecule has 1 heterocycles. The molecule has 63 heavy (non-hydrogen) atoms. The maximum Gasteiger partial charge on any atom is 0.0110 e. The van der Waals surface area contributed by atoms with E-state index in [-0.39, 0.29) is 0 Å². The number of unbranched alkanes of at least 4 members (excludes halogenated alkanes) is 33. The van der Waals surface area contributed by atoms with Gasteiger partial charge in [0.1, 0.15) is 0 Å². The fourth-order valence-corrected chi connectivity index (χ4v) is 9.74. The number of allylic oxidation sites excluding steroid dienone is 2. The lowest BCUT2D eigenvalue weighted by atomic mass is 10.1. The Labute approximate surface area is 398 Å². The molecule has 0 aromatic rings. The lowest BCUT2D eigenvalue weighted by molar-refractivity contribution is 0.114. The van der Waals surface area contributed by atoms with Gasteiger partial charge in [0, 0.05) is 65.4 Å². The van der Waals surface area contributed by atoms with Crippen molar-refractivity contribution in [1.82, 2.24) is 24.9 Å². The topological polar surface area (TPSA) is 25.0 Å². The zero-order chi connectivity index (χ0) is 45.2. The zero-order valence-corrected chi connectivity index (χ0v) is 44.2. The standard InChI is InChI=1S/C58H119N5/c1-5-9-13-17-21-25-29-33-37-41-45-59-46-50-62-54-57-63(58-55-62)56-53-61(49-44-40-36-32-28-24-20-16-12-8-4)52-51-60(47-42-38-34-30-26-22-18-14-10-6-2)48-43-39-35-31-27-23-19-15-11-7-3/h21,25,59H,5-20,22-24,26-58H2,1-4H3/b25-21-. The second kappa shape index (κ2) is 50.9. The highest BCUT2D eigenvalue weighted by molar-refractivity contribution is 4.81. The molecule has 0 aliphatic carbocycles. The van der Waals surface area contributed by atoms with Crippen LogP contribution in [0.1, 0.15) is 272 Å². The molecule has 5 nitrogen and oxygen atoms in total. The molecule has 0 radical (unpaired) electrons. The Morgan fingerprint density at radius 1 is 0.302 bits per heavy atom. The number of hydrogen-bond acceptors (Lipinski definition) is 5.